The molecule has 1 aliphatic rings. The number of fused-ring (bicyclic) bond motifs is 1. The van der Waals surface area contributed by atoms with Crippen LogP contribution in [0.25, 0.3) is 16.6 Å². The first-order chi connectivity index (χ1) is 18.5. The van der Waals surface area contributed by atoms with E-state index in [2.05, 4.69) is 30.4 Å². The number of nitriles is 1. The quantitative estimate of drug-likeness (QED) is 0.313. The van der Waals surface area contributed by atoms with Crippen LogP contribution in [0.15, 0.2) is 59.5 Å². The van der Waals surface area contributed by atoms with E-state index in [9.17, 15) is 9.47 Å². The van der Waals surface area contributed by atoms with Crippen molar-refractivity contribution in [3.05, 3.63) is 60.7 Å². The Morgan fingerprint density at radius 3 is 2.58 bits per heavy atom. The normalized spacial score (nSPS) is 14.7. The Labute approximate surface area is 220 Å². The molecule has 1 aliphatic heterocycles. The Kier molecular flexibility index (Phi) is 7.39. The molecule has 1 fully saturated rings. The van der Waals surface area contributed by atoms with Gasteiger partial charge in [0, 0.05) is 55.1 Å². The molecule has 5 rings (SSSR count). The van der Waals surface area contributed by atoms with Crippen LogP contribution in [0.5, 0.6) is 11.6 Å². The fraction of sp³-hybridized carbons (Fsp3) is 0.308. The number of pyridine rings is 3. The Hall–Kier alpha value is -4.21. The van der Waals surface area contributed by atoms with E-state index in [1.165, 1.54) is 6.20 Å². The molecule has 196 valence electrons. The summed E-state index contributed by atoms with van der Waals surface area (Å²) >= 11 is 0. The van der Waals surface area contributed by atoms with Crippen molar-refractivity contribution in [3.63, 3.8) is 0 Å². The van der Waals surface area contributed by atoms with Crippen LogP contribution < -0.4 is 14.4 Å². The van der Waals surface area contributed by atoms with E-state index in [4.69, 9.17) is 14.2 Å². The van der Waals surface area contributed by atoms with Crippen molar-refractivity contribution in [1.82, 2.24) is 19.6 Å². The molecule has 0 radical (unpaired) electrons. The van der Waals surface area contributed by atoms with Crippen LogP contribution in [0.3, 0.4) is 0 Å². The number of rotatable bonds is 8. The van der Waals surface area contributed by atoms with Crippen molar-refractivity contribution in [2.45, 2.75) is 0 Å². The lowest BCUT2D eigenvalue weighted by molar-refractivity contribution is 0.146. The van der Waals surface area contributed by atoms with Gasteiger partial charge in [-0.2, -0.15) is 14.7 Å². The van der Waals surface area contributed by atoms with Crippen LogP contribution >= 0.6 is 0 Å². The maximum Gasteiger partial charge on any atom is 0.213 e. The molecule has 0 spiro atoms. The van der Waals surface area contributed by atoms with E-state index >= 15 is 0 Å². The van der Waals surface area contributed by atoms with Gasteiger partial charge in [-0.25, -0.2) is 18.7 Å². The molecular formula is C26H27N7O4S. The number of nitrogens with zero attached hydrogens (tertiary/aromatic N) is 7. The van der Waals surface area contributed by atoms with Gasteiger partial charge < -0.3 is 19.1 Å². The van der Waals surface area contributed by atoms with Crippen molar-refractivity contribution >= 4 is 26.8 Å². The lowest BCUT2D eigenvalue weighted by Gasteiger charge is -2.29. The molecular weight excluding hydrogens is 506 g/mol. The van der Waals surface area contributed by atoms with Crippen LogP contribution in [-0.2, 0) is 14.5 Å². The molecule has 11 nitrogen and oxygen atoms in total. The summed E-state index contributed by atoms with van der Waals surface area (Å²) in [4.78, 5) is 10.9. The summed E-state index contributed by atoms with van der Waals surface area (Å²) < 4.78 is 35.4. The highest BCUT2D eigenvalue weighted by atomic mass is 32.2. The van der Waals surface area contributed by atoms with Gasteiger partial charge in [0.25, 0.3) is 0 Å². The fourth-order valence-electron chi connectivity index (χ4n) is 4.23. The van der Waals surface area contributed by atoms with Gasteiger partial charge >= 0.3 is 0 Å². The van der Waals surface area contributed by atoms with Crippen LogP contribution in [0, 0.1) is 11.3 Å². The zero-order chi connectivity index (χ0) is 26.5. The minimum Gasteiger partial charge on any atom is -0.490 e. The maximum absolute atomic E-state index is 13.3. The average Bonchev–Trinajstić information content (AvgIpc) is 3.37. The first-order valence-corrected chi connectivity index (χ1v) is 13.8. The van der Waals surface area contributed by atoms with Crippen LogP contribution in [0.2, 0.25) is 0 Å². The van der Waals surface area contributed by atoms with Gasteiger partial charge in [0.15, 0.2) is 0 Å². The molecule has 4 aromatic rings. The third-order valence-corrected chi connectivity index (χ3v) is 8.39. The lowest BCUT2D eigenvalue weighted by atomic mass is 10.1. The predicted octanol–water partition coefficient (Wildman–Crippen LogP) is 3.32. The van der Waals surface area contributed by atoms with Crippen molar-refractivity contribution in [3.8, 4) is 28.8 Å². The number of anilines is 1. The number of hydrogen-bond acceptors (Lipinski definition) is 10. The van der Waals surface area contributed by atoms with Crippen molar-refractivity contribution in [2.75, 3.05) is 56.9 Å². The highest BCUT2D eigenvalue weighted by Gasteiger charge is 2.22. The zero-order valence-corrected chi connectivity index (χ0v) is 21.9. The van der Waals surface area contributed by atoms with E-state index in [0.29, 0.717) is 66.2 Å². The number of hydrogen-bond donors (Lipinski definition) is 0. The second-order valence-corrected chi connectivity index (χ2v) is 11.2. The van der Waals surface area contributed by atoms with E-state index in [1.54, 1.807) is 49.5 Å². The summed E-state index contributed by atoms with van der Waals surface area (Å²) in [5, 5.41) is 13.9. The predicted molar refractivity (Wildman–Crippen MR) is 143 cm³/mol. The summed E-state index contributed by atoms with van der Waals surface area (Å²) in [6, 6.07) is 11.5. The van der Waals surface area contributed by atoms with Gasteiger partial charge in [0.2, 0.25) is 5.88 Å². The third-order valence-electron chi connectivity index (χ3n) is 6.21. The lowest BCUT2D eigenvalue weighted by Crippen LogP contribution is -2.40. The van der Waals surface area contributed by atoms with Gasteiger partial charge in [-0.3, -0.25) is 0 Å². The summed E-state index contributed by atoms with van der Waals surface area (Å²) in [7, 11) is 0.783. The van der Waals surface area contributed by atoms with Gasteiger partial charge in [-0.05, 0) is 24.3 Å². The molecule has 5 heterocycles. The standard InChI is InChI=1S/C26H27N7O4S/c1-35-9-10-37-22-13-23(26-20(14-27)16-30-33(26)18-22)19-3-5-24(28-15-19)32-7-11-38(34,12-8-32)31-21-4-6-25(36-2)29-17-21/h3-6,13,15-18H,7-12H2,1-2H3. The van der Waals surface area contributed by atoms with E-state index in [1.807, 2.05) is 18.2 Å². The van der Waals surface area contributed by atoms with Crippen molar-refractivity contribution < 1.29 is 18.4 Å². The number of aromatic nitrogens is 4. The van der Waals surface area contributed by atoms with Gasteiger partial charge in [0.05, 0.1) is 58.8 Å². The number of ether oxygens (including phenoxy) is 3. The molecule has 0 atom stereocenters. The Morgan fingerprint density at radius 1 is 1.08 bits per heavy atom. The van der Waals surface area contributed by atoms with E-state index in [0.717, 1.165) is 16.9 Å². The second-order valence-electron chi connectivity index (χ2n) is 8.62. The summed E-state index contributed by atoms with van der Waals surface area (Å²) in [6.45, 7) is 2.00. The highest BCUT2D eigenvalue weighted by Crippen LogP contribution is 2.31. The van der Waals surface area contributed by atoms with Crippen LogP contribution in [0.1, 0.15) is 5.56 Å². The van der Waals surface area contributed by atoms with E-state index < -0.39 is 9.73 Å². The first kappa shape index (κ1) is 25.4. The van der Waals surface area contributed by atoms with E-state index in [-0.39, 0.29) is 0 Å². The molecule has 0 aromatic carbocycles. The molecule has 0 unspecified atom stereocenters. The summed E-state index contributed by atoms with van der Waals surface area (Å²) in [5.41, 5.74) is 3.36. The molecule has 12 heteroatoms. The smallest absolute Gasteiger partial charge is 0.213 e. The average molecular weight is 534 g/mol. The van der Waals surface area contributed by atoms with Crippen molar-refractivity contribution in [2.24, 2.45) is 4.36 Å². The minimum absolute atomic E-state index is 0.393. The van der Waals surface area contributed by atoms with Gasteiger partial charge in [-0.1, -0.05) is 0 Å². The van der Waals surface area contributed by atoms with Crippen LogP contribution in [0.4, 0.5) is 11.5 Å². The SMILES string of the molecule is COCCOc1cc(-c2ccc(N3CCS(=O)(=Nc4ccc(OC)nc4)CC3)nc2)c2c(C#N)cnn2c1. The zero-order valence-electron chi connectivity index (χ0n) is 21.1. The van der Waals surface area contributed by atoms with Crippen LogP contribution in [-0.4, -0.2) is 75.8 Å². The summed E-state index contributed by atoms with van der Waals surface area (Å²) in [6.07, 6.45) is 6.63. The van der Waals surface area contributed by atoms with Gasteiger partial charge in [0.1, 0.15) is 24.2 Å². The second kappa shape index (κ2) is 11.0. The Balaban J connectivity index is 1.35. The fourth-order valence-corrected chi connectivity index (χ4v) is 6.12. The molecule has 0 saturated carbocycles. The third kappa shape index (κ3) is 5.39. The Morgan fingerprint density at radius 2 is 1.92 bits per heavy atom. The molecule has 38 heavy (non-hydrogen) atoms. The Bertz CT molecular complexity index is 1570. The van der Waals surface area contributed by atoms with Gasteiger partial charge in [-0.15, -0.1) is 0 Å². The monoisotopic (exact) mass is 533 g/mol. The molecule has 4 aromatic heterocycles. The molecule has 0 bridgehead atoms. The topological polar surface area (TPSA) is 127 Å². The highest BCUT2D eigenvalue weighted by molar-refractivity contribution is 7.93. The molecule has 0 aliphatic carbocycles. The first-order valence-electron chi connectivity index (χ1n) is 12.0. The summed E-state index contributed by atoms with van der Waals surface area (Å²) in [5.74, 6) is 2.77. The van der Waals surface area contributed by atoms with Crippen molar-refractivity contribution in [1.29, 1.82) is 5.26 Å². The minimum atomic E-state index is -2.38. The number of methoxy groups -OCH3 is 2. The maximum atomic E-state index is 13.3. The largest absolute Gasteiger partial charge is 0.490 e. The molecule has 0 N–H and O–H groups in total. The molecule has 1 saturated heterocycles. The molecule has 0 amide bonds.